The summed E-state index contributed by atoms with van der Waals surface area (Å²) >= 11 is 0. The second kappa shape index (κ2) is 17.8. The first-order valence-electron chi connectivity index (χ1n) is 12.4. The van der Waals surface area contributed by atoms with Crippen LogP contribution in [0.25, 0.3) is 0 Å². The molecule has 0 saturated carbocycles. The molecular formula is C26H41NO7. The number of unbranched alkanes of at least 4 members (excludes halogenated alkanes) is 8. The number of phenols is 1. The van der Waals surface area contributed by atoms with Crippen LogP contribution in [0.5, 0.6) is 5.75 Å². The summed E-state index contributed by atoms with van der Waals surface area (Å²) in [5, 5.41) is 21.9. The highest BCUT2D eigenvalue weighted by atomic mass is 16.6. The van der Waals surface area contributed by atoms with E-state index in [0.717, 1.165) is 24.8 Å². The number of phenolic OH excluding ortho intramolecular Hbond substituents is 1. The van der Waals surface area contributed by atoms with Crippen LogP contribution in [0.15, 0.2) is 24.3 Å². The van der Waals surface area contributed by atoms with Gasteiger partial charge in [0.25, 0.3) is 0 Å². The van der Waals surface area contributed by atoms with Gasteiger partial charge in [-0.15, -0.1) is 0 Å². The Morgan fingerprint density at radius 1 is 0.882 bits per heavy atom. The van der Waals surface area contributed by atoms with E-state index < -0.39 is 24.0 Å². The predicted molar refractivity (Wildman–Crippen MR) is 129 cm³/mol. The molecule has 0 spiro atoms. The van der Waals surface area contributed by atoms with Crippen molar-refractivity contribution in [1.29, 1.82) is 0 Å². The average Bonchev–Trinajstić information content (AvgIpc) is 2.80. The van der Waals surface area contributed by atoms with Crippen molar-refractivity contribution in [2.24, 2.45) is 0 Å². The van der Waals surface area contributed by atoms with Crippen molar-refractivity contribution >= 4 is 17.8 Å². The van der Waals surface area contributed by atoms with Crippen molar-refractivity contribution in [2.45, 2.75) is 96.6 Å². The molecule has 1 aromatic carbocycles. The molecular weight excluding hydrogens is 438 g/mol. The standard InChI is InChI=1S/C26H41NO7/c1-3-4-5-6-7-8-9-10-11-12-25(31)33-18-23(30)19-34-26(32)24(27-20(2)28)17-21-13-15-22(29)16-14-21/h13-16,23-24,29-30H,3-12,17-19H2,1-2H3,(H,27,28)/t23?,24-/m0/s1. The van der Waals surface area contributed by atoms with E-state index in [1.54, 1.807) is 12.1 Å². The third kappa shape index (κ3) is 14.5. The molecule has 0 aliphatic carbocycles. The molecule has 0 aliphatic heterocycles. The Balaban J connectivity index is 2.23. The van der Waals surface area contributed by atoms with Crippen LogP contribution in [0.1, 0.15) is 83.6 Å². The summed E-state index contributed by atoms with van der Waals surface area (Å²) in [5.41, 5.74) is 0.722. The Kier molecular flexibility index (Phi) is 15.4. The molecule has 1 amide bonds. The van der Waals surface area contributed by atoms with Gasteiger partial charge in [-0.05, 0) is 24.1 Å². The molecule has 0 aliphatic rings. The van der Waals surface area contributed by atoms with Crippen LogP contribution in [-0.4, -0.2) is 53.4 Å². The van der Waals surface area contributed by atoms with Gasteiger partial charge in [-0.1, -0.05) is 70.4 Å². The van der Waals surface area contributed by atoms with Crippen LogP contribution in [-0.2, 0) is 30.3 Å². The molecule has 192 valence electrons. The van der Waals surface area contributed by atoms with Gasteiger partial charge in [0, 0.05) is 19.8 Å². The first-order chi connectivity index (χ1) is 16.3. The maximum absolute atomic E-state index is 12.4. The number of amides is 1. The molecule has 8 heteroatoms. The normalized spacial score (nSPS) is 12.6. The molecule has 0 bridgehead atoms. The van der Waals surface area contributed by atoms with Gasteiger partial charge >= 0.3 is 11.9 Å². The van der Waals surface area contributed by atoms with Gasteiger partial charge in [0.15, 0.2) is 0 Å². The van der Waals surface area contributed by atoms with E-state index >= 15 is 0 Å². The molecule has 0 fully saturated rings. The molecule has 3 N–H and O–H groups in total. The smallest absolute Gasteiger partial charge is 0.329 e. The number of aliphatic hydroxyl groups is 1. The maximum atomic E-state index is 12.4. The Bertz CT molecular complexity index is 720. The van der Waals surface area contributed by atoms with Gasteiger partial charge in [0.2, 0.25) is 5.91 Å². The molecule has 34 heavy (non-hydrogen) atoms. The van der Waals surface area contributed by atoms with E-state index in [0.29, 0.717) is 6.42 Å². The van der Waals surface area contributed by atoms with Crippen molar-refractivity contribution < 1.29 is 34.1 Å². The van der Waals surface area contributed by atoms with Gasteiger partial charge in [-0.3, -0.25) is 9.59 Å². The number of rotatable bonds is 18. The predicted octanol–water partition coefficient (Wildman–Crippen LogP) is 3.81. The zero-order valence-electron chi connectivity index (χ0n) is 20.6. The molecule has 1 aromatic rings. The van der Waals surface area contributed by atoms with Crippen molar-refractivity contribution in [3.8, 4) is 5.75 Å². The zero-order valence-corrected chi connectivity index (χ0v) is 20.6. The van der Waals surface area contributed by atoms with Gasteiger partial charge in [-0.25, -0.2) is 4.79 Å². The van der Waals surface area contributed by atoms with Crippen molar-refractivity contribution in [2.75, 3.05) is 13.2 Å². The third-order valence-corrected chi connectivity index (χ3v) is 5.38. The quantitative estimate of drug-likeness (QED) is 0.216. The fourth-order valence-electron chi connectivity index (χ4n) is 3.47. The minimum atomic E-state index is -1.15. The third-order valence-electron chi connectivity index (χ3n) is 5.38. The highest BCUT2D eigenvalue weighted by Crippen LogP contribution is 2.13. The van der Waals surface area contributed by atoms with Crippen molar-refractivity contribution in [3.05, 3.63) is 29.8 Å². The summed E-state index contributed by atoms with van der Waals surface area (Å²) in [6.07, 6.45) is 9.73. The molecule has 0 radical (unpaired) electrons. The summed E-state index contributed by atoms with van der Waals surface area (Å²) < 4.78 is 10.2. The number of hydrogen-bond acceptors (Lipinski definition) is 7. The van der Waals surface area contributed by atoms with Crippen LogP contribution < -0.4 is 5.32 Å². The summed E-state index contributed by atoms with van der Waals surface area (Å²) in [6.45, 7) is 2.89. The molecule has 2 atom stereocenters. The van der Waals surface area contributed by atoms with Crippen LogP contribution in [0, 0.1) is 0 Å². The van der Waals surface area contributed by atoms with E-state index in [9.17, 15) is 24.6 Å². The second-order valence-electron chi connectivity index (χ2n) is 8.67. The number of carbonyl (C=O) groups is 3. The Morgan fingerprint density at radius 3 is 2.03 bits per heavy atom. The van der Waals surface area contributed by atoms with E-state index in [-0.39, 0.29) is 31.4 Å². The molecule has 0 saturated heterocycles. The second-order valence-corrected chi connectivity index (χ2v) is 8.67. The zero-order chi connectivity index (χ0) is 25.2. The summed E-state index contributed by atoms with van der Waals surface area (Å²) in [7, 11) is 0. The number of nitrogens with one attached hydrogen (secondary N) is 1. The first-order valence-corrected chi connectivity index (χ1v) is 12.4. The highest BCUT2D eigenvalue weighted by Gasteiger charge is 2.23. The molecule has 0 heterocycles. The van der Waals surface area contributed by atoms with Crippen LogP contribution in [0.2, 0.25) is 0 Å². The molecule has 8 nitrogen and oxygen atoms in total. The molecule has 1 rings (SSSR count). The minimum absolute atomic E-state index is 0.0953. The minimum Gasteiger partial charge on any atom is -0.508 e. The fourth-order valence-corrected chi connectivity index (χ4v) is 3.47. The van der Waals surface area contributed by atoms with E-state index in [2.05, 4.69) is 12.2 Å². The number of carbonyl (C=O) groups excluding carboxylic acids is 3. The number of ether oxygens (including phenoxy) is 2. The number of esters is 2. The lowest BCUT2D eigenvalue weighted by atomic mass is 10.1. The lowest BCUT2D eigenvalue weighted by Crippen LogP contribution is -2.43. The fraction of sp³-hybridized carbons (Fsp3) is 0.654. The average molecular weight is 480 g/mol. The lowest BCUT2D eigenvalue weighted by Gasteiger charge is -2.18. The topological polar surface area (TPSA) is 122 Å². The van der Waals surface area contributed by atoms with E-state index in [4.69, 9.17) is 9.47 Å². The van der Waals surface area contributed by atoms with Crippen molar-refractivity contribution in [3.63, 3.8) is 0 Å². The van der Waals surface area contributed by atoms with Gasteiger partial charge in [0.1, 0.15) is 31.1 Å². The van der Waals surface area contributed by atoms with E-state index in [1.807, 2.05) is 0 Å². The van der Waals surface area contributed by atoms with Crippen LogP contribution in [0.3, 0.4) is 0 Å². The largest absolute Gasteiger partial charge is 0.508 e. The SMILES string of the molecule is CCCCCCCCCCCC(=O)OCC(O)COC(=O)[C@H](Cc1ccc(O)cc1)NC(C)=O. The Hall–Kier alpha value is -2.61. The Labute approximate surface area is 203 Å². The summed E-state index contributed by atoms with van der Waals surface area (Å²) in [4.78, 5) is 35.7. The number of aliphatic hydroxyl groups excluding tert-OH is 1. The number of aromatic hydroxyl groups is 1. The van der Waals surface area contributed by atoms with Crippen LogP contribution in [0.4, 0.5) is 0 Å². The van der Waals surface area contributed by atoms with Gasteiger partial charge in [0.05, 0.1) is 0 Å². The van der Waals surface area contributed by atoms with Gasteiger partial charge in [-0.2, -0.15) is 0 Å². The highest BCUT2D eigenvalue weighted by molar-refractivity contribution is 5.83. The number of benzene rings is 1. The first kappa shape index (κ1) is 29.4. The molecule has 0 aromatic heterocycles. The molecule has 1 unspecified atom stereocenters. The van der Waals surface area contributed by atoms with Crippen LogP contribution >= 0.6 is 0 Å². The van der Waals surface area contributed by atoms with Crippen molar-refractivity contribution in [1.82, 2.24) is 5.32 Å². The lowest BCUT2D eigenvalue weighted by molar-refractivity contribution is -0.154. The number of hydrogen-bond donors (Lipinski definition) is 3. The summed E-state index contributed by atoms with van der Waals surface area (Å²) in [5.74, 6) is -1.38. The monoisotopic (exact) mass is 479 g/mol. The van der Waals surface area contributed by atoms with Gasteiger partial charge < -0.3 is 25.0 Å². The maximum Gasteiger partial charge on any atom is 0.329 e. The summed E-state index contributed by atoms with van der Waals surface area (Å²) in [6, 6.07) is 5.30. The Morgan fingerprint density at radius 2 is 1.44 bits per heavy atom. The van der Waals surface area contributed by atoms with E-state index in [1.165, 1.54) is 57.6 Å².